The number of nitrogens with zero attached hydrogens (tertiary/aromatic N) is 1. The number of para-hydroxylation sites is 1. The smallest absolute Gasteiger partial charge is 0.224 e. The van der Waals surface area contributed by atoms with Crippen molar-refractivity contribution < 1.29 is 9.59 Å². The Hall–Kier alpha value is -3.08. The summed E-state index contributed by atoms with van der Waals surface area (Å²) in [5.41, 5.74) is 4.08. The number of carbonyl (C=O) groups is 2. The molecule has 5 heteroatoms. The number of amides is 2. The van der Waals surface area contributed by atoms with Crippen LogP contribution in [0, 0.1) is 0 Å². The van der Waals surface area contributed by atoms with Crippen LogP contribution in [0.2, 0.25) is 0 Å². The highest BCUT2D eigenvalue weighted by Gasteiger charge is 2.18. The maximum absolute atomic E-state index is 12.4. The van der Waals surface area contributed by atoms with E-state index in [-0.39, 0.29) is 11.8 Å². The van der Waals surface area contributed by atoms with Gasteiger partial charge in [0.1, 0.15) is 0 Å². The molecule has 1 aromatic heterocycles. The standard InChI is InChI=1S/C23H25N3O2/c27-22(12-11-18-15-24-21-9-2-1-8-20(18)21)25-19-7-5-6-17(14-19)16-26-13-4-3-10-23(26)28/h1-2,5-9,14-15,24H,3-4,10-13,16H2,(H,25,27). The third-order valence-electron chi connectivity index (χ3n) is 5.30. The second-order valence-electron chi connectivity index (χ2n) is 7.38. The Labute approximate surface area is 164 Å². The Bertz CT molecular complexity index is 992. The van der Waals surface area contributed by atoms with Gasteiger partial charge in [0.2, 0.25) is 11.8 Å². The van der Waals surface area contributed by atoms with Crippen LogP contribution in [0.25, 0.3) is 10.9 Å². The molecule has 1 saturated heterocycles. The highest BCUT2D eigenvalue weighted by Crippen LogP contribution is 2.20. The van der Waals surface area contributed by atoms with E-state index in [0.29, 0.717) is 25.8 Å². The molecule has 2 amide bonds. The molecule has 1 fully saturated rings. The van der Waals surface area contributed by atoms with Gasteiger partial charge in [0, 0.05) is 48.7 Å². The van der Waals surface area contributed by atoms with Gasteiger partial charge in [-0.1, -0.05) is 30.3 Å². The van der Waals surface area contributed by atoms with Gasteiger partial charge in [0.25, 0.3) is 0 Å². The predicted molar refractivity (Wildman–Crippen MR) is 111 cm³/mol. The second-order valence-corrected chi connectivity index (χ2v) is 7.38. The van der Waals surface area contributed by atoms with Gasteiger partial charge >= 0.3 is 0 Å². The van der Waals surface area contributed by atoms with Gasteiger partial charge in [-0.2, -0.15) is 0 Å². The number of hydrogen-bond acceptors (Lipinski definition) is 2. The molecule has 2 N–H and O–H groups in total. The highest BCUT2D eigenvalue weighted by molar-refractivity contribution is 5.91. The van der Waals surface area contributed by atoms with Crippen LogP contribution in [0.3, 0.4) is 0 Å². The summed E-state index contributed by atoms with van der Waals surface area (Å²) in [6, 6.07) is 15.9. The van der Waals surface area contributed by atoms with Crippen molar-refractivity contribution in [1.82, 2.24) is 9.88 Å². The quantitative estimate of drug-likeness (QED) is 0.676. The van der Waals surface area contributed by atoms with E-state index in [9.17, 15) is 9.59 Å². The Kier molecular flexibility index (Phi) is 5.42. The first-order valence-electron chi connectivity index (χ1n) is 9.90. The number of benzene rings is 2. The third kappa shape index (κ3) is 4.25. The van der Waals surface area contributed by atoms with Crippen LogP contribution in [0.4, 0.5) is 5.69 Å². The summed E-state index contributed by atoms with van der Waals surface area (Å²) in [6.45, 7) is 1.43. The average Bonchev–Trinajstić information content (AvgIpc) is 3.12. The molecular formula is C23H25N3O2. The fraction of sp³-hybridized carbons (Fsp3) is 0.304. The number of carbonyl (C=O) groups excluding carboxylic acids is 2. The van der Waals surface area contributed by atoms with Crippen LogP contribution in [0.15, 0.2) is 54.7 Å². The van der Waals surface area contributed by atoms with Crippen LogP contribution < -0.4 is 5.32 Å². The van der Waals surface area contributed by atoms with E-state index in [2.05, 4.69) is 16.4 Å². The molecule has 0 spiro atoms. The summed E-state index contributed by atoms with van der Waals surface area (Å²) < 4.78 is 0. The first kappa shape index (κ1) is 18.3. The van der Waals surface area contributed by atoms with Gasteiger partial charge in [-0.05, 0) is 48.6 Å². The number of fused-ring (bicyclic) bond motifs is 1. The lowest BCUT2D eigenvalue weighted by atomic mass is 10.1. The van der Waals surface area contributed by atoms with Crippen LogP contribution in [0.1, 0.15) is 36.8 Å². The Morgan fingerprint density at radius 1 is 1.11 bits per heavy atom. The van der Waals surface area contributed by atoms with E-state index in [1.54, 1.807) is 0 Å². The summed E-state index contributed by atoms with van der Waals surface area (Å²) >= 11 is 0. The van der Waals surface area contributed by atoms with E-state index >= 15 is 0 Å². The van der Waals surface area contributed by atoms with Gasteiger partial charge in [0.05, 0.1) is 0 Å². The van der Waals surface area contributed by atoms with Crippen molar-refractivity contribution in [3.8, 4) is 0 Å². The first-order valence-corrected chi connectivity index (χ1v) is 9.90. The Morgan fingerprint density at radius 2 is 2.00 bits per heavy atom. The molecule has 0 unspecified atom stereocenters. The lowest BCUT2D eigenvalue weighted by Crippen LogP contribution is -2.34. The topological polar surface area (TPSA) is 65.2 Å². The lowest BCUT2D eigenvalue weighted by molar-refractivity contribution is -0.133. The summed E-state index contributed by atoms with van der Waals surface area (Å²) in [4.78, 5) is 29.6. The Balaban J connectivity index is 1.34. The molecule has 2 aromatic carbocycles. The maximum atomic E-state index is 12.4. The van der Waals surface area contributed by atoms with Gasteiger partial charge in [-0.15, -0.1) is 0 Å². The van der Waals surface area contributed by atoms with Crippen molar-refractivity contribution in [2.75, 3.05) is 11.9 Å². The van der Waals surface area contributed by atoms with Crippen molar-refractivity contribution in [2.24, 2.45) is 0 Å². The van der Waals surface area contributed by atoms with E-state index in [1.165, 1.54) is 5.39 Å². The fourth-order valence-corrected chi connectivity index (χ4v) is 3.81. The Morgan fingerprint density at radius 3 is 2.89 bits per heavy atom. The van der Waals surface area contributed by atoms with E-state index in [1.807, 2.05) is 53.6 Å². The molecule has 0 radical (unpaired) electrons. The molecule has 144 valence electrons. The van der Waals surface area contributed by atoms with Crippen molar-refractivity contribution in [3.63, 3.8) is 0 Å². The molecule has 5 nitrogen and oxygen atoms in total. The molecule has 1 aliphatic heterocycles. The minimum absolute atomic E-state index is 0.00326. The summed E-state index contributed by atoms with van der Waals surface area (Å²) in [6.07, 6.45) is 5.80. The molecule has 0 saturated carbocycles. The summed E-state index contributed by atoms with van der Waals surface area (Å²) in [5.74, 6) is 0.218. The second kappa shape index (κ2) is 8.30. The molecule has 2 heterocycles. The number of hydrogen-bond donors (Lipinski definition) is 2. The van der Waals surface area contributed by atoms with E-state index < -0.39 is 0 Å². The molecule has 0 bridgehead atoms. The number of anilines is 1. The molecule has 3 aromatic rings. The number of piperidine rings is 1. The van der Waals surface area contributed by atoms with Crippen molar-refractivity contribution in [2.45, 2.75) is 38.6 Å². The zero-order chi connectivity index (χ0) is 19.3. The van der Waals surface area contributed by atoms with Crippen LogP contribution in [-0.4, -0.2) is 28.2 Å². The number of nitrogens with one attached hydrogen (secondary N) is 2. The normalized spacial score (nSPS) is 14.4. The van der Waals surface area contributed by atoms with Gasteiger partial charge < -0.3 is 15.2 Å². The van der Waals surface area contributed by atoms with Gasteiger partial charge in [0.15, 0.2) is 0 Å². The summed E-state index contributed by atoms with van der Waals surface area (Å²) in [5, 5.41) is 4.16. The van der Waals surface area contributed by atoms with Gasteiger partial charge in [-0.3, -0.25) is 9.59 Å². The zero-order valence-corrected chi connectivity index (χ0v) is 15.9. The van der Waals surface area contributed by atoms with Crippen LogP contribution >= 0.6 is 0 Å². The maximum Gasteiger partial charge on any atom is 0.224 e. The largest absolute Gasteiger partial charge is 0.361 e. The summed E-state index contributed by atoms with van der Waals surface area (Å²) in [7, 11) is 0. The minimum atomic E-state index is -0.00326. The fourth-order valence-electron chi connectivity index (χ4n) is 3.81. The van der Waals surface area contributed by atoms with E-state index in [4.69, 9.17) is 0 Å². The number of likely N-dealkylation sites (tertiary alicyclic amines) is 1. The van der Waals surface area contributed by atoms with Crippen molar-refractivity contribution in [1.29, 1.82) is 0 Å². The van der Waals surface area contributed by atoms with E-state index in [0.717, 1.165) is 41.7 Å². The number of H-pyrrole nitrogens is 1. The SMILES string of the molecule is O=C(CCc1c[nH]c2ccccc12)Nc1cccc(CN2CCCCC2=O)c1. The van der Waals surface area contributed by atoms with Crippen molar-refractivity contribution >= 4 is 28.4 Å². The van der Waals surface area contributed by atoms with Gasteiger partial charge in [-0.25, -0.2) is 0 Å². The van der Waals surface area contributed by atoms with Crippen molar-refractivity contribution in [3.05, 3.63) is 65.9 Å². The first-order chi connectivity index (χ1) is 13.7. The molecular weight excluding hydrogens is 350 g/mol. The molecule has 4 rings (SSSR count). The lowest BCUT2D eigenvalue weighted by Gasteiger charge is -2.26. The molecule has 0 aliphatic carbocycles. The molecule has 1 aliphatic rings. The number of aromatic nitrogens is 1. The third-order valence-corrected chi connectivity index (χ3v) is 5.30. The molecule has 28 heavy (non-hydrogen) atoms. The average molecular weight is 375 g/mol. The minimum Gasteiger partial charge on any atom is -0.361 e. The number of aromatic amines is 1. The monoisotopic (exact) mass is 375 g/mol. The predicted octanol–water partition coefficient (Wildman–Crippen LogP) is 4.25. The highest BCUT2D eigenvalue weighted by atomic mass is 16.2. The van der Waals surface area contributed by atoms with Crippen LogP contribution in [-0.2, 0) is 22.6 Å². The zero-order valence-electron chi connectivity index (χ0n) is 15.9. The number of aryl methyl sites for hydroxylation is 1. The van der Waals surface area contributed by atoms with Crippen LogP contribution in [0.5, 0.6) is 0 Å². The molecule has 0 atom stereocenters. The number of rotatable bonds is 6.